The minimum absolute atomic E-state index is 0.0507. The van der Waals surface area contributed by atoms with Gasteiger partial charge in [-0.2, -0.15) is 0 Å². The molecule has 5 heteroatoms. The summed E-state index contributed by atoms with van der Waals surface area (Å²) in [7, 11) is 0. The topological polar surface area (TPSA) is 49.9 Å². The fraction of sp³-hybridized carbons (Fsp3) is 0.429. The minimum Gasteiger partial charge on any atom is -0.448 e. The van der Waals surface area contributed by atoms with E-state index in [1.807, 2.05) is 37.3 Å². The van der Waals surface area contributed by atoms with Crippen LogP contribution in [0.5, 0.6) is 0 Å². The normalized spacial score (nSPS) is 14.4. The van der Waals surface area contributed by atoms with Gasteiger partial charge >= 0.3 is 6.09 Å². The lowest BCUT2D eigenvalue weighted by Crippen LogP contribution is -2.40. The van der Waals surface area contributed by atoms with Crippen LogP contribution in [-0.4, -0.2) is 48.0 Å². The molecule has 1 saturated heterocycles. The number of hydrogen-bond acceptors (Lipinski definition) is 3. The van der Waals surface area contributed by atoms with Gasteiger partial charge in [-0.25, -0.2) is 4.79 Å². The molecule has 1 aromatic carbocycles. The maximum absolute atomic E-state index is 12.2. The quantitative estimate of drug-likeness (QED) is 0.807. The largest absolute Gasteiger partial charge is 0.448 e. The molecule has 0 aromatic heterocycles. The van der Waals surface area contributed by atoms with Crippen LogP contribution in [-0.2, 0) is 16.1 Å². The molecule has 0 radical (unpaired) electrons. The number of carbonyl (C=O) groups excluding carboxylic acids is 2. The molecular weight excluding hydrogens is 244 g/mol. The highest BCUT2D eigenvalue weighted by Gasteiger charge is 2.25. The number of amides is 2. The van der Waals surface area contributed by atoms with Gasteiger partial charge in [-0.3, -0.25) is 9.69 Å². The van der Waals surface area contributed by atoms with Crippen molar-refractivity contribution in [3.8, 4) is 0 Å². The molecule has 1 heterocycles. The third-order valence-electron chi connectivity index (χ3n) is 3.12. The molecule has 0 atom stereocenters. The highest BCUT2D eigenvalue weighted by Crippen LogP contribution is 2.07. The molecule has 1 fully saturated rings. The van der Waals surface area contributed by atoms with Crippen molar-refractivity contribution in [2.75, 3.05) is 26.2 Å². The Morgan fingerprint density at radius 2 is 2.11 bits per heavy atom. The number of nitrogens with zero attached hydrogens (tertiary/aromatic N) is 2. The number of likely N-dealkylation sites (N-methyl/N-ethyl adjacent to an activating group) is 1. The number of rotatable bonds is 5. The molecule has 1 aliphatic heterocycles. The van der Waals surface area contributed by atoms with E-state index in [2.05, 4.69) is 0 Å². The number of carbonyl (C=O) groups is 2. The van der Waals surface area contributed by atoms with Crippen molar-refractivity contribution in [3.63, 3.8) is 0 Å². The van der Waals surface area contributed by atoms with Gasteiger partial charge in [-0.15, -0.1) is 0 Å². The number of benzene rings is 1. The van der Waals surface area contributed by atoms with Crippen LogP contribution in [0.2, 0.25) is 0 Å². The van der Waals surface area contributed by atoms with E-state index in [-0.39, 0.29) is 12.5 Å². The molecule has 2 rings (SSSR count). The molecule has 0 unspecified atom stereocenters. The average molecular weight is 262 g/mol. The zero-order valence-electron chi connectivity index (χ0n) is 11.0. The first-order chi connectivity index (χ1) is 9.20. The van der Waals surface area contributed by atoms with E-state index in [9.17, 15) is 9.59 Å². The second-order valence-corrected chi connectivity index (χ2v) is 4.43. The number of ether oxygens (including phenoxy) is 1. The number of cyclic esters (lactones) is 1. The molecular formula is C14H18N2O3. The monoisotopic (exact) mass is 262 g/mol. The van der Waals surface area contributed by atoms with Gasteiger partial charge in [0, 0.05) is 13.1 Å². The van der Waals surface area contributed by atoms with Gasteiger partial charge in [-0.1, -0.05) is 30.3 Å². The minimum atomic E-state index is -0.399. The Hall–Kier alpha value is -2.04. The van der Waals surface area contributed by atoms with E-state index in [1.54, 1.807) is 4.90 Å². The van der Waals surface area contributed by atoms with Crippen LogP contribution in [0.15, 0.2) is 30.3 Å². The summed E-state index contributed by atoms with van der Waals surface area (Å²) in [5.74, 6) is -0.0507. The summed E-state index contributed by atoms with van der Waals surface area (Å²) < 4.78 is 4.81. The summed E-state index contributed by atoms with van der Waals surface area (Å²) in [6, 6.07) is 9.82. The zero-order valence-corrected chi connectivity index (χ0v) is 11.0. The van der Waals surface area contributed by atoms with Crippen LogP contribution in [0, 0.1) is 0 Å². The van der Waals surface area contributed by atoms with Gasteiger partial charge in [0.05, 0.1) is 6.54 Å². The van der Waals surface area contributed by atoms with Gasteiger partial charge < -0.3 is 9.64 Å². The molecule has 0 aliphatic carbocycles. The second kappa shape index (κ2) is 6.22. The van der Waals surface area contributed by atoms with Crippen molar-refractivity contribution in [2.45, 2.75) is 13.5 Å². The van der Waals surface area contributed by atoms with Crippen molar-refractivity contribution in [3.05, 3.63) is 35.9 Å². The molecule has 102 valence electrons. The van der Waals surface area contributed by atoms with Crippen LogP contribution < -0.4 is 0 Å². The molecule has 19 heavy (non-hydrogen) atoms. The van der Waals surface area contributed by atoms with Gasteiger partial charge in [0.25, 0.3) is 0 Å². The molecule has 2 amide bonds. The van der Waals surface area contributed by atoms with Crippen molar-refractivity contribution in [2.24, 2.45) is 0 Å². The smallest absolute Gasteiger partial charge is 0.410 e. The van der Waals surface area contributed by atoms with E-state index < -0.39 is 6.09 Å². The summed E-state index contributed by atoms with van der Waals surface area (Å²) in [5, 5.41) is 0. The Morgan fingerprint density at radius 1 is 1.37 bits per heavy atom. The van der Waals surface area contributed by atoms with E-state index in [0.717, 1.165) is 5.56 Å². The van der Waals surface area contributed by atoms with Gasteiger partial charge in [0.15, 0.2) is 0 Å². The van der Waals surface area contributed by atoms with E-state index in [4.69, 9.17) is 4.74 Å². The fourth-order valence-corrected chi connectivity index (χ4v) is 2.01. The summed E-state index contributed by atoms with van der Waals surface area (Å²) in [6.07, 6.45) is -0.399. The lowest BCUT2D eigenvalue weighted by molar-refractivity contribution is -0.132. The van der Waals surface area contributed by atoms with Gasteiger partial charge in [0.1, 0.15) is 13.2 Å². The number of hydrogen-bond donors (Lipinski definition) is 0. The van der Waals surface area contributed by atoms with E-state index in [0.29, 0.717) is 26.2 Å². The van der Waals surface area contributed by atoms with Gasteiger partial charge in [0.2, 0.25) is 5.91 Å². The summed E-state index contributed by atoms with van der Waals surface area (Å²) >= 11 is 0. The lowest BCUT2D eigenvalue weighted by Gasteiger charge is -2.23. The first-order valence-electron chi connectivity index (χ1n) is 6.44. The van der Waals surface area contributed by atoms with Crippen LogP contribution in [0.25, 0.3) is 0 Å². The molecule has 0 bridgehead atoms. The average Bonchev–Trinajstić information content (AvgIpc) is 2.82. The molecule has 1 aliphatic rings. The van der Waals surface area contributed by atoms with E-state index >= 15 is 0 Å². The Balaban J connectivity index is 1.93. The van der Waals surface area contributed by atoms with Crippen LogP contribution in [0.1, 0.15) is 12.5 Å². The predicted molar refractivity (Wildman–Crippen MR) is 70.5 cm³/mol. The lowest BCUT2D eigenvalue weighted by atomic mass is 10.2. The Kier molecular flexibility index (Phi) is 4.39. The predicted octanol–water partition coefficient (Wildman–Crippen LogP) is 1.49. The van der Waals surface area contributed by atoms with Crippen LogP contribution >= 0.6 is 0 Å². The molecule has 0 saturated carbocycles. The SMILES string of the molecule is CCN(Cc1ccccc1)C(=O)CN1CCOC1=O. The first-order valence-corrected chi connectivity index (χ1v) is 6.44. The van der Waals surface area contributed by atoms with Crippen LogP contribution in [0.3, 0.4) is 0 Å². The van der Waals surface area contributed by atoms with Crippen molar-refractivity contribution < 1.29 is 14.3 Å². The van der Waals surface area contributed by atoms with Crippen molar-refractivity contribution in [1.29, 1.82) is 0 Å². The third-order valence-corrected chi connectivity index (χ3v) is 3.12. The summed E-state index contributed by atoms with van der Waals surface area (Å²) in [6.45, 7) is 4.09. The second-order valence-electron chi connectivity index (χ2n) is 4.43. The first kappa shape index (κ1) is 13.4. The van der Waals surface area contributed by atoms with Gasteiger partial charge in [-0.05, 0) is 12.5 Å². The summed E-state index contributed by atoms with van der Waals surface area (Å²) in [5.41, 5.74) is 1.08. The van der Waals surface area contributed by atoms with Crippen molar-refractivity contribution >= 4 is 12.0 Å². The molecule has 0 N–H and O–H groups in total. The standard InChI is InChI=1S/C14H18N2O3/c1-2-15(10-12-6-4-3-5-7-12)13(17)11-16-8-9-19-14(16)18/h3-7H,2,8-11H2,1H3. The van der Waals surface area contributed by atoms with Crippen molar-refractivity contribution in [1.82, 2.24) is 9.80 Å². The Bertz CT molecular complexity index is 447. The Morgan fingerprint density at radius 3 is 2.68 bits per heavy atom. The highest BCUT2D eigenvalue weighted by atomic mass is 16.6. The fourth-order valence-electron chi connectivity index (χ4n) is 2.01. The Labute approximate surface area is 112 Å². The highest BCUT2D eigenvalue weighted by molar-refractivity contribution is 5.82. The summed E-state index contributed by atoms with van der Waals surface area (Å²) in [4.78, 5) is 26.6. The maximum Gasteiger partial charge on any atom is 0.410 e. The zero-order chi connectivity index (χ0) is 13.7. The van der Waals surface area contributed by atoms with E-state index in [1.165, 1.54) is 4.90 Å². The molecule has 5 nitrogen and oxygen atoms in total. The molecule has 0 spiro atoms. The van der Waals surface area contributed by atoms with Crippen LogP contribution in [0.4, 0.5) is 4.79 Å². The maximum atomic E-state index is 12.2. The molecule has 1 aromatic rings. The third kappa shape index (κ3) is 3.47.